The number of ether oxygens (including phenoxy) is 6. The number of rotatable bonds is 18. The Kier molecular flexibility index (Phi) is 13.4. The van der Waals surface area contributed by atoms with Crippen LogP contribution in [0, 0.1) is 0 Å². The van der Waals surface area contributed by atoms with Crippen molar-refractivity contribution < 1.29 is 38.0 Å². The van der Waals surface area contributed by atoms with Crippen LogP contribution in [0.4, 0.5) is 0 Å². The largest absolute Gasteiger partial charge is 0.490 e. The minimum absolute atomic E-state index is 0.117. The number of hydrogen-bond donors (Lipinski definition) is 0. The summed E-state index contributed by atoms with van der Waals surface area (Å²) in [6, 6.07) is 33.9. The van der Waals surface area contributed by atoms with Crippen LogP contribution in [0.15, 0.2) is 143 Å². The molecule has 47 heavy (non-hydrogen) atoms. The van der Waals surface area contributed by atoms with Crippen LogP contribution in [0.1, 0.15) is 13.8 Å². The summed E-state index contributed by atoms with van der Waals surface area (Å²) in [4.78, 5) is 26.3. The highest BCUT2D eigenvalue weighted by molar-refractivity contribution is 7.99. The minimum atomic E-state index is -0.626. The second-order valence-electron chi connectivity index (χ2n) is 10.5. The van der Waals surface area contributed by atoms with Crippen LogP contribution in [0.25, 0.3) is 0 Å². The van der Waals surface area contributed by atoms with Gasteiger partial charge in [-0.25, -0.2) is 9.59 Å². The van der Waals surface area contributed by atoms with E-state index in [9.17, 15) is 9.59 Å². The maximum absolute atomic E-state index is 12.1. The van der Waals surface area contributed by atoms with Gasteiger partial charge in [-0.3, -0.25) is 0 Å². The van der Waals surface area contributed by atoms with Crippen LogP contribution < -0.4 is 18.9 Å². The molecule has 4 aromatic rings. The van der Waals surface area contributed by atoms with Gasteiger partial charge in [0.15, 0.2) is 12.2 Å². The molecule has 4 rings (SSSR count). The highest BCUT2D eigenvalue weighted by Crippen LogP contribution is 2.30. The molecule has 2 atom stereocenters. The topological polar surface area (TPSA) is 89.5 Å². The van der Waals surface area contributed by atoms with Gasteiger partial charge in [-0.2, -0.15) is 0 Å². The summed E-state index contributed by atoms with van der Waals surface area (Å²) in [7, 11) is 0. The highest BCUT2D eigenvalue weighted by Gasteiger charge is 2.19. The highest BCUT2D eigenvalue weighted by atomic mass is 32.2. The zero-order valence-electron chi connectivity index (χ0n) is 26.5. The van der Waals surface area contributed by atoms with E-state index in [2.05, 4.69) is 13.2 Å². The van der Waals surface area contributed by atoms with Gasteiger partial charge < -0.3 is 28.4 Å². The smallest absolute Gasteiger partial charge is 0.333 e. The van der Waals surface area contributed by atoms with Crippen molar-refractivity contribution >= 4 is 23.7 Å². The van der Waals surface area contributed by atoms with Gasteiger partial charge >= 0.3 is 11.9 Å². The van der Waals surface area contributed by atoms with E-state index < -0.39 is 24.1 Å². The molecule has 0 N–H and O–H groups in total. The summed E-state index contributed by atoms with van der Waals surface area (Å²) in [6.45, 7) is 11.0. The number of para-hydroxylation sites is 2. The fourth-order valence-corrected chi connectivity index (χ4v) is 4.69. The van der Waals surface area contributed by atoms with Crippen LogP contribution in [0.5, 0.6) is 23.0 Å². The van der Waals surface area contributed by atoms with Gasteiger partial charge in [0.2, 0.25) is 0 Å². The van der Waals surface area contributed by atoms with E-state index in [4.69, 9.17) is 28.4 Å². The van der Waals surface area contributed by atoms with Gasteiger partial charge in [-0.05, 0) is 86.6 Å². The van der Waals surface area contributed by atoms with Crippen LogP contribution >= 0.6 is 11.8 Å². The summed E-state index contributed by atoms with van der Waals surface area (Å²) in [5, 5.41) is 0. The van der Waals surface area contributed by atoms with Gasteiger partial charge in [-0.1, -0.05) is 61.3 Å². The lowest BCUT2D eigenvalue weighted by Gasteiger charge is -2.19. The molecule has 0 saturated heterocycles. The first-order valence-electron chi connectivity index (χ1n) is 15.0. The van der Waals surface area contributed by atoms with Crippen molar-refractivity contribution in [3.8, 4) is 23.0 Å². The molecule has 0 spiro atoms. The Morgan fingerprint density at radius 2 is 0.809 bits per heavy atom. The zero-order chi connectivity index (χ0) is 33.4. The molecule has 0 amide bonds. The van der Waals surface area contributed by atoms with Crippen molar-refractivity contribution in [3.63, 3.8) is 0 Å². The normalized spacial score (nSPS) is 11.8. The average molecular weight is 655 g/mol. The van der Waals surface area contributed by atoms with E-state index in [-0.39, 0.29) is 26.4 Å². The molecule has 0 aliphatic rings. The second kappa shape index (κ2) is 18.1. The molecular weight excluding hydrogens is 616 g/mol. The van der Waals surface area contributed by atoms with E-state index in [1.807, 2.05) is 109 Å². The molecule has 0 aliphatic heterocycles. The van der Waals surface area contributed by atoms with Gasteiger partial charge in [0.25, 0.3) is 0 Å². The average Bonchev–Trinajstić information content (AvgIpc) is 3.09. The first kappa shape index (κ1) is 34.7. The molecular formula is C38H38O8S. The van der Waals surface area contributed by atoms with Crippen molar-refractivity contribution in [1.29, 1.82) is 0 Å². The Morgan fingerprint density at radius 1 is 0.511 bits per heavy atom. The third-order valence-corrected chi connectivity index (χ3v) is 7.37. The third-order valence-electron chi connectivity index (χ3n) is 6.36. The predicted octanol–water partition coefficient (Wildman–Crippen LogP) is 7.73. The van der Waals surface area contributed by atoms with Crippen LogP contribution in [-0.4, -0.2) is 50.6 Å². The fourth-order valence-electron chi connectivity index (χ4n) is 3.87. The summed E-state index contributed by atoms with van der Waals surface area (Å²) < 4.78 is 34.5. The van der Waals surface area contributed by atoms with E-state index >= 15 is 0 Å². The zero-order valence-corrected chi connectivity index (χ0v) is 27.3. The van der Waals surface area contributed by atoms with Crippen molar-refractivity contribution in [2.24, 2.45) is 0 Å². The number of carbonyl (C=O) groups is 2. The molecule has 4 aromatic carbocycles. The van der Waals surface area contributed by atoms with Gasteiger partial charge in [0, 0.05) is 20.9 Å². The van der Waals surface area contributed by atoms with Crippen molar-refractivity contribution in [3.05, 3.63) is 133 Å². The van der Waals surface area contributed by atoms with Crippen LogP contribution in [-0.2, 0) is 19.1 Å². The Hall–Kier alpha value is -5.15. The molecule has 0 heterocycles. The molecule has 2 unspecified atom stereocenters. The summed E-state index contributed by atoms with van der Waals surface area (Å²) in [6.07, 6.45) is -1.25. The van der Waals surface area contributed by atoms with Gasteiger partial charge in [0.1, 0.15) is 49.4 Å². The summed E-state index contributed by atoms with van der Waals surface area (Å²) in [5.41, 5.74) is 0.606. The summed E-state index contributed by atoms with van der Waals surface area (Å²) >= 11 is 1.58. The number of hydrogen-bond acceptors (Lipinski definition) is 9. The third kappa shape index (κ3) is 12.3. The van der Waals surface area contributed by atoms with Gasteiger partial charge in [-0.15, -0.1) is 0 Å². The molecule has 0 fully saturated rings. The quantitative estimate of drug-likeness (QED) is 0.0790. The molecule has 0 bridgehead atoms. The Bertz CT molecular complexity index is 1470. The van der Waals surface area contributed by atoms with Crippen LogP contribution in [0.3, 0.4) is 0 Å². The first-order chi connectivity index (χ1) is 22.7. The fraction of sp³-hybridized carbons (Fsp3) is 0.211. The van der Waals surface area contributed by atoms with Gasteiger partial charge in [0.05, 0.1) is 0 Å². The van der Waals surface area contributed by atoms with Crippen molar-refractivity contribution in [1.82, 2.24) is 0 Å². The number of benzene rings is 4. The summed E-state index contributed by atoms with van der Waals surface area (Å²) in [5.74, 6) is 1.61. The molecule has 0 aliphatic carbocycles. The Labute approximate surface area is 279 Å². The molecule has 244 valence electrons. The predicted molar refractivity (Wildman–Crippen MR) is 181 cm³/mol. The van der Waals surface area contributed by atoms with Crippen molar-refractivity contribution in [2.45, 2.75) is 35.8 Å². The van der Waals surface area contributed by atoms with E-state index in [1.165, 1.54) is 0 Å². The molecule has 9 heteroatoms. The minimum Gasteiger partial charge on any atom is -0.490 e. The van der Waals surface area contributed by atoms with E-state index in [1.54, 1.807) is 25.6 Å². The van der Waals surface area contributed by atoms with E-state index in [0.29, 0.717) is 34.1 Å². The molecule has 0 aromatic heterocycles. The lowest BCUT2D eigenvalue weighted by atomic mass is 10.3. The second-order valence-corrected chi connectivity index (χ2v) is 11.7. The SMILES string of the molecule is C=C(C)C(=O)OC(COc1ccccc1)COc1ccc(Sc2ccc(OCC(COc3ccccc3)OC(=O)C(=C)C)cc2)cc1. The Morgan fingerprint density at radius 3 is 1.11 bits per heavy atom. The van der Waals surface area contributed by atoms with Crippen LogP contribution in [0.2, 0.25) is 0 Å². The van der Waals surface area contributed by atoms with E-state index in [0.717, 1.165) is 9.79 Å². The standard InChI is InChI=1S/C38H38O8S/c1-27(2)37(39)45-33(23-41-29-11-7-5-8-12-29)25-43-31-15-19-35(20-16-31)47-36-21-17-32(18-22-36)44-26-34(46-38(40)28(3)4)24-42-30-13-9-6-10-14-30/h5-22,33-34H,1,3,23-26H2,2,4H3. The molecule has 0 radical (unpaired) electrons. The molecule has 0 saturated carbocycles. The lowest BCUT2D eigenvalue weighted by Crippen LogP contribution is -2.31. The Balaban J connectivity index is 1.27. The maximum Gasteiger partial charge on any atom is 0.333 e. The number of carbonyl (C=O) groups excluding carboxylic acids is 2. The monoisotopic (exact) mass is 654 g/mol. The number of esters is 2. The maximum atomic E-state index is 12.1. The van der Waals surface area contributed by atoms with Crippen molar-refractivity contribution in [2.75, 3.05) is 26.4 Å². The lowest BCUT2D eigenvalue weighted by molar-refractivity contribution is -0.148. The first-order valence-corrected chi connectivity index (χ1v) is 15.8. The molecule has 8 nitrogen and oxygen atoms in total.